The van der Waals surface area contributed by atoms with Crippen molar-refractivity contribution >= 4 is 39.6 Å². The van der Waals surface area contributed by atoms with Crippen LogP contribution in [-0.2, 0) is 17.7 Å². The van der Waals surface area contributed by atoms with Gasteiger partial charge in [0.05, 0.1) is 18.9 Å². The number of nitrogens with one attached hydrogen (secondary N) is 2. The molecule has 136 valence electrons. The van der Waals surface area contributed by atoms with E-state index < -0.39 is 0 Å². The molecule has 6 nitrogen and oxygen atoms in total. The van der Waals surface area contributed by atoms with Gasteiger partial charge < -0.3 is 15.4 Å². The second kappa shape index (κ2) is 8.96. The fraction of sp³-hybridized carbons (Fsp3) is 0.471. The average molecular weight is 381 g/mol. The Morgan fingerprint density at radius 3 is 2.80 bits per heavy atom. The fourth-order valence-electron chi connectivity index (χ4n) is 2.59. The number of carbonyl (C=O) groups is 1. The van der Waals surface area contributed by atoms with Crippen LogP contribution in [0, 0.1) is 13.8 Å². The van der Waals surface area contributed by atoms with Gasteiger partial charge in [0, 0.05) is 24.2 Å². The number of carbonyl (C=O) groups excluding carboxylic acids is 1. The molecule has 0 aliphatic carbocycles. The van der Waals surface area contributed by atoms with Crippen molar-refractivity contribution in [3.05, 3.63) is 34.0 Å². The third-order valence-corrected chi connectivity index (χ3v) is 5.10. The largest absolute Gasteiger partial charge is 0.465 e. The van der Waals surface area contributed by atoms with Crippen molar-refractivity contribution in [2.75, 3.05) is 19.0 Å². The van der Waals surface area contributed by atoms with Crippen LogP contribution in [0.1, 0.15) is 39.7 Å². The van der Waals surface area contributed by atoms with Crippen LogP contribution in [0.25, 0.3) is 0 Å². The highest BCUT2D eigenvalue weighted by atomic mass is 32.1. The van der Waals surface area contributed by atoms with Crippen LogP contribution < -0.4 is 10.6 Å². The molecule has 0 saturated carbocycles. The first-order chi connectivity index (χ1) is 12.0. The van der Waals surface area contributed by atoms with Crippen LogP contribution in [0.4, 0.5) is 5.00 Å². The maximum Gasteiger partial charge on any atom is 0.341 e. The van der Waals surface area contributed by atoms with E-state index in [2.05, 4.69) is 15.7 Å². The van der Waals surface area contributed by atoms with E-state index in [4.69, 9.17) is 17.0 Å². The number of thiocarbonyl (C=S) groups is 1. The number of hydrogen-bond donors (Lipinski definition) is 2. The maximum absolute atomic E-state index is 12.1. The summed E-state index contributed by atoms with van der Waals surface area (Å²) in [6.07, 6.45) is 5.53. The molecule has 0 spiro atoms. The van der Waals surface area contributed by atoms with E-state index in [0.717, 1.165) is 46.9 Å². The molecule has 8 heteroatoms. The number of aryl methyl sites for hydroxylation is 3. The maximum atomic E-state index is 12.1. The average Bonchev–Trinajstić information content (AvgIpc) is 3.13. The molecular weight excluding hydrogens is 356 g/mol. The third-order valence-electron chi connectivity index (χ3n) is 3.79. The van der Waals surface area contributed by atoms with Crippen LogP contribution >= 0.6 is 23.6 Å². The first-order valence-corrected chi connectivity index (χ1v) is 9.43. The van der Waals surface area contributed by atoms with Crippen molar-refractivity contribution in [1.82, 2.24) is 15.1 Å². The molecule has 0 amide bonds. The molecular formula is C17H24N4O2S2. The summed E-state index contributed by atoms with van der Waals surface area (Å²) in [6.45, 7) is 7.61. The third kappa shape index (κ3) is 5.02. The predicted octanol–water partition coefficient (Wildman–Crippen LogP) is 3.29. The Labute approximate surface area is 157 Å². The summed E-state index contributed by atoms with van der Waals surface area (Å²) in [6, 6.07) is 0. The number of methoxy groups -OCH3 is 1. The van der Waals surface area contributed by atoms with Gasteiger partial charge in [0.1, 0.15) is 5.00 Å². The van der Waals surface area contributed by atoms with Crippen molar-refractivity contribution < 1.29 is 9.53 Å². The molecule has 0 aromatic carbocycles. The van der Waals surface area contributed by atoms with Crippen molar-refractivity contribution in [3.63, 3.8) is 0 Å². The molecule has 0 unspecified atom stereocenters. The molecule has 0 fully saturated rings. The van der Waals surface area contributed by atoms with Crippen molar-refractivity contribution in [1.29, 1.82) is 0 Å². The van der Waals surface area contributed by atoms with E-state index in [-0.39, 0.29) is 5.97 Å². The van der Waals surface area contributed by atoms with Gasteiger partial charge in [0.2, 0.25) is 0 Å². The van der Waals surface area contributed by atoms with Gasteiger partial charge in [-0.05, 0) is 50.0 Å². The minimum Gasteiger partial charge on any atom is -0.465 e. The van der Waals surface area contributed by atoms with Crippen molar-refractivity contribution in [2.24, 2.45) is 0 Å². The Balaban J connectivity index is 1.90. The summed E-state index contributed by atoms with van der Waals surface area (Å²) in [7, 11) is 1.39. The topological polar surface area (TPSA) is 68.2 Å². The fourth-order valence-corrected chi connectivity index (χ4v) is 4.00. The number of thiophene rings is 1. The normalized spacial score (nSPS) is 10.6. The summed E-state index contributed by atoms with van der Waals surface area (Å²) in [5.74, 6) is -0.333. The highest BCUT2D eigenvalue weighted by Gasteiger charge is 2.22. The molecule has 25 heavy (non-hydrogen) atoms. The van der Waals surface area contributed by atoms with Gasteiger partial charge in [-0.2, -0.15) is 5.10 Å². The minimum atomic E-state index is -0.333. The molecule has 2 aromatic heterocycles. The Bertz CT molecular complexity index is 752. The lowest BCUT2D eigenvalue weighted by Gasteiger charge is -2.11. The Morgan fingerprint density at radius 1 is 1.44 bits per heavy atom. The van der Waals surface area contributed by atoms with Crippen LogP contribution in [0.3, 0.4) is 0 Å². The summed E-state index contributed by atoms with van der Waals surface area (Å²) in [5, 5.41) is 11.8. The molecule has 2 aromatic rings. The summed E-state index contributed by atoms with van der Waals surface area (Å²) in [4.78, 5) is 13.2. The first kappa shape index (κ1) is 19.4. The zero-order valence-electron chi connectivity index (χ0n) is 15.0. The highest BCUT2D eigenvalue weighted by Crippen LogP contribution is 2.33. The van der Waals surface area contributed by atoms with Gasteiger partial charge in [0.15, 0.2) is 5.11 Å². The smallest absolute Gasteiger partial charge is 0.341 e. The number of ether oxygens (including phenoxy) is 1. The molecule has 2 rings (SSSR count). The molecule has 2 heterocycles. The van der Waals surface area contributed by atoms with E-state index in [9.17, 15) is 4.79 Å². The lowest BCUT2D eigenvalue weighted by Crippen LogP contribution is -2.30. The van der Waals surface area contributed by atoms with E-state index in [1.165, 1.54) is 18.4 Å². The first-order valence-electron chi connectivity index (χ1n) is 8.20. The quantitative estimate of drug-likeness (QED) is 0.436. The monoisotopic (exact) mass is 380 g/mol. The Morgan fingerprint density at radius 2 is 2.20 bits per heavy atom. The Kier molecular flexibility index (Phi) is 6.95. The lowest BCUT2D eigenvalue weighted by atomic mass is 10.1. The zero-order chi connectivity index (χ0) is 18.4. The summed E-state index contributed by atoms with van der Waals surface area (Å²) in [5.41, 5.74) is 2.75. The van der Waals surface area contributed by atoms with Crippen LogP contribution in [0.15, 0.2) is 12.4 Å². The number of esters is 1. The molecule has 0 atom stereocenters. The number of hydrogen-bond acceptors (Lipinski definition) is 5. The van der Waals surface area contributed by atoms with Gasteiger partial charge in [-0.1, -0.05) is 6.92 Å². The minimum absolute atomic E-state index is 0.333. The van der Waals surface area contributed by atoms with E-state index in [1.807, 2.05) is 37.8 Å². The standard InChI is InChI=1S/C17H24N4O2S2/c1-5-13-12(3)25-15(14(13)16(22)23-4)20-17(24)18-7-6-8-21-10-11(2)9-19-21/h9-10H,5-8H2,1-4H3,(H2,18,20,24). The molecule has 0 radical (unpaired) electrons. The van der Waals surface area contributed by atoms with E-state index in [0.29, 0.717) is 10.7 Å². The van der Waals surface area contributed by atoms with Crippen LogP contribution in [0.2, 0.25) is 0 Å². The summed E-state index contributed by atoms with van der Waals surface area (Å²) < 4.78 is 6.83. The van der Waals surface area contributed by atoms with E-state index in [1.54, 1.807) is 0 Å². The number of aromatic nitrogens is 2. The van der Waals surface area contributed by atoms with Gasteiger partial charge in [0.25, 0.3) is 0 Å². The number of anilines is 1. The van der Waals surface area contributed by atoms with E-state index >= 15 is 0 Å². The van der Waals surface area contributed by atoms with Gasteiger partial charge in [-0.3, -0.25) is 4.68 Å². The van der Waals surface area contributed by atoms with Gasteiger partial charge >= 0.3 is 5.97 Å². The molecule has 2 N–H and O–H groups in total. The zero-order valence-corrected chi connectivity index (χ0v) is 16.6. The molecule has 0 saturated heterocycles. The van der Waals surface area contributed by atoms with Gasteiger partial charge in [-0.25, -0.2) is 4.79 Å². The van der Waals surface area contributed by atoms with Crippen molar-refractivity contribution in [2.45, 2.75) is 40.2 Å². The summed E-state index contributed by atoms with van der Waals surface area (Å²) >= 11 is 6.87. The molecule has 0 aliphatic rings. The highest BCUT2D eigenvalue weighted by molar-refractivity contribution is 7.80. The molecule has 0 bridgehead atoms. The second-order valence-electron chi connectivity index (χ2n) is 5.70. The molecule has 0 aliphatic heterocycles. The number of rotatable bonds is 7. The number of nitrogens with zero attached hydrogens (tertiary/aromatic N) is 2. The predicted molar refractivity (Wildman–Crippen MR) is 106 cm³/mol. The lowest BCUT2D eigenvalue weighted by molar-refractivity contribution is 0.0601. The van der Waals surface area contributed by atoms with Crippen LogP contribution in [0.5, 0.6) is 0 Å². The Hall–Kier alpha value is -1.93. The van der Waals surface area contributed by atoms with Gasteiger partial charge in [-0.15, -0.1) is 11.3 Å². The SMILES string of the molecule is CCc1c(C)sc(NC(=S)NCCCn2cc(C)cn2)c1C(=O)OC. The van der Waals surface area contributed by atoms with Crippen molar-refractivity contribution in [3.8, 4) is 0 Å². The second-order valence-corrected chi connectivity index (χ2v) is 7.33. The van der Waals surface area contributed by atoms with Crippen LogP contribution in [-0.4, -0.2) is 34.5 Å².